The molecule has 0 saturated heterocycles. The minimum Gasteiger partial charge on any atom is -0.392 e. The number of benzene rings is 1. The van der Waals surface area contributed by atoms with Crippen LogP contribution >= 0.6 is 11.6 Å². The van der Waals surface area contributed by atoms with Crippen molar-refractivity contribution < 1.29 is 5.11 Å². The third-order valence-corrected chi connectivity index (χ3v) is 2.27. The van der Waals surface area contributed by atoms with Gasteiger partial charge in [0.15, 0.2) is 0 Å². The maximum Gasteiger partial charge on any atom is 0.0688 e. The molecule has 0 spiro atoms. The molecule has 0 aliphatic rings. The van der Waals surface area contributed by atoms with Gasteiger partial charge in [-0.2, -0.15) is 0 Å². The molecule has 0 atom stereocenters. The van der Waals surface area contributed by atoms with Gasteiger partial charge in [0.05, 0.1) is 6.61 Å². The number of hydrogen-bond donors (Lipinski definition) is 1. The molecular formula is C11H12ClN3O. The molecule has 0 aliphatic heterocycles. The zero-order valence-electron chi connectivity index (χ0n) is 8.67. The minimum absolute atomic E-state index is 0.0451. The number of rotatable bonds is 5. The Labute approximate surface area is 98.8 Å². The van der Waals surface area contributed by atoms with Gasteiger partial charge in [0.25, 0.3) is 0 Å². The molecular weight excluding hydrogens is 226 g/mol. The van der Waals surface area contributed by atoms with Crippen LogP contribution in [0.3, 0.4) is 0 Å². The van der Waals surface area contributed by atoms with E-state index in [9.17, 15) is 0 Å². The van der Waals surface area contributed by atoms with Crippen molar-refractivity contribution in [2.24, 2.45) is 5.11 Å². The van der Waals surface area contributed by atoms with Crippen molar-refractivity contribution in [2.75, 3.05) is 6.54 Å². The fourth-order valence-electron chi connectivity index (χ4n) is 1.26. The van der Waals surface area contributed by atoms with E-state index in [4.69, 9.17) is 22.2 Å². The van der Waals surface area contributed by atoms with E-state index in [1.807, 2.05) is 18.2 Å². The maximum absolute atomic E-state index is 9.12. The lowest BCUT2D eigenvalue weighted by Crippen LogP contribution is -1.88. The van der Waals surface area contributed by atoms with Gasteiger partial charge in [-0.05, 0) is 35.2 Å². The first-order valence-electron chi connectivity index (χ1n) is 4.84. The Morgan fingerprint density at radius 3 is 3.00 bits per heavy atom. The van der Waals surface area contributed by atoms with Crippen molar-refractivity contribution in [3.63, 3.8) is 0 Å². The molecule has 1 rings (SSSR count). The quantitative estimate of drug-likeness (QED) is 0.362. The summed E-state index contributed by atoms with van der Waals surface area (Å²) < 4.78 is 0. The topological polar surface area (TPSA) is 69.0 Å². The zero-order valence-corrected chi connectivity index (χ0v) is 9.43. The molecule has 0 amide bonds. The lowest BCUT2D eigenvalue weighted by Gasteiger charge is -2.02. The van der Waals surface area contributed by atoms with Crippen LogP contribution in [0.2, 0.25) is 5.02 Å². The Morgan fingerprint density at radius 1 is 1.50 bits per heavy atom. The molecule has 0 radical (unpaired) electrons. The summed E-state index contributed by atoms with van der Waals surface area (Å²) in [6, 6.07) is 5.35. The van der Waals surface area contributed by atoms with Crippen LogP contribution in [0.5, 0.6) is 0 Å². The average molecular weight is 238 g/mol. The molecule has 1 aromatic carbocycles. The second-order valence-electron chi connectivity index (χ2n) is 3.15. The zero-order chi connectivity index (χ0) is 11.8. The lowest BCUT2D eigenvalue weighted by atomic mass is 10.1. The molecule has 0 heterocycles. The Morgan fingerprint density at radius 2 is 2.31 bits per heavy atom. The normalized spacial score (nSPS) is 10.4. The predicted octanol–water partition coefficient (Wildman–Crippen LogP) is 3.55. The molecule has 0 aromatic heterocycles. The first kappa shape index (κ1) is 12.6. The van der Waals surface area contributed by atoms with Gasteiger partial charge < -0.3 is 5.11 Å². The van der Waals surface area contributed by atoms with Crippen LogP contribution < -0.4 is 0 Å². The Balaban J connectivity index is 2.68. The highest BCUT2D eigenvalue weighted by molar-refractivity contribution is 6.30. The van der Waals surface area contributed by atoms with Crippen LogP contribution in [0.4, 0.5) is 0 Å². The SMILES string of the molecule is [N-]=[N+]=NCCC=Cc1ccc(Cl)cc1CO. The molecule has 4 nitrogen and oxygen atoms in total. The van der Waals surface area contributed by atoms with E-state index in [0.29, 0.717) is 18.0 Å². The van der Waals surface area contributed by atoms with Gasteiger partial charge in [0, 0.05) is 16.5 Å². The van der Waals surface area contributed by atoms with E-state index >= 15 is 0 Å². The lowest BCUT2D eigenvalue weighted by molar-refractivity contribution is 0.281. The fraction of sp³-hybridized carbons (Fsp3) is 0.273. The van der Waals surface area contributed by atoms with Crippen LogP contribution in [-0.4, -0.2) is 11.7 Å². The standard InChI is InChI=1S/C11H12ClN3O/c12-11-5-4-9(10(7-11)8-16)3-1-2-6-14-15-13/h1,3-5,7,16H,2,6,8H2. The smallest absolute Gasteiger partial charge is 0.0688 e. The highest BCUT2D eigenvalue weighted by Crippen LogP contribution is 2.17. The fourth-order valence-corrected chi connectivity index (χ4v) is 1.46. The van der Waals surface area contributed by atoms with Crippen molar-refractivity contribution in [3.05, 3.63) is 50.9 Å². The minimum atomic E-state index is -0.0451. The molecule has 1 aromatic rings. The summed E-state index contributed by atoms with van der Waals surface area (Å²) in [5.41, 5.74) is 9.79. The number of hydrogen-bond acceptors (Lipinski definition) is 2. The Bertz CT molecular complexity index is 425. The van der Waals surface area contributed by atoms with E-state index < -0.39 is 0 Å². The third-order valence-electron chi connectivity index (χ3n) is 2.03. The molecule has 0 saturated carbocycles. The molecule has 16 heavy (non-hydrogen) atoms. The molecule has 0 unspecified atom stereocenters. The Kier molecular flexibility index (Phi) is 5.43. The van der Waals surface area contributed by atoms with Crippen LogP contribution in [0.25, 0.3) is 16.5 Å². The maximum atomic E-state index is 9.12. The van der Waals surface area contributed by atoms with Gasteiger partial charge in [-0.3, -0.25) is 0 Å². The van der Waals surface area contributed by atoms with Crippen molar-refractivity contribution in [2.45, 2.75) is 13.0 Å². The highest BCUT2D eigenvalue weighted by Gasteiger charge is 1.98. The summed E-state index contributed by atoms with van der Waals surface area (Å²) in [6.45, 7) is 0.394. The van der Waals surface area contributed by atoms with E-state index in [1.165, 1.54) is 0 Å². The van der Waals surface area contributed by atoms with Crippen LogP contribution in [0.15, 0.2) is 29.4 Å². The summed E-state index contributed by atoms with van der Waals surface area (Å²) in [5, 5.41) is 13.1. The van der Waals surface area contributed by atoms with E-state index in [0.717, 1.165) is 11.1 Å². The highest BCUT2D eigenvalue weighted by atomic mass is 35.5. The molecule has 5 heteroatoms. The second kappa shape index (κ2) is 6.90. The van der Waals surface area contributed by atoms with Crippen LogP contribution in [-0.2, 0) is 6.61 Å². The van der Waals surface area contributed by atoms with Gasteiger partial charge in [0.1, 0.15) is 0 Å². The molecule has 0 aliphatic carbocycles. The third kappa shape index (κ3) is 3.95. The summed E-state index contributed by atoms with van der Waals surface area (Å²) >= 11 is 5.81. The van der Waals surface area contributed by atoms with Crippen molar-refractivity contribution in [1.29, 1.82) is 0 Å². The molecule has 0 fully saturated rings. The van der Waals surface area contributed by atoms with Gasteiger partial charge in [0.2, 0.25) is 0 Å². The van der Waals surface area contributed by atoms with Gasteiger partial charge >= 0.3 is 0 Å². The van der Waals surface area contributed by atoms with Gasteiger partial charge in [-0.25, -0.2) is 0 Å². The number of halogens is 1. The van der Waals surface area contributed by atoms with Crippen LogP contribution in [0.1, 0.15) is 17.5 Å². The van der Waals surface area contributed by atoms with E-state index in [2.05, 4.69) is 10.0 Å². The number of aliphatic hydroxyl groups is 1. The van der Waals surface area contributed by atoms with Gasteiger partial charge in [-0.15, -0.1) is 0 Å². The second-order valence-corrected chi connectivity index (χ2v) is 3.58. The van der Waals surface area contributed by atoms with E-state index in [-0.39, 0.29) is 6.61 Å². The monoisotopic (exact) mass is 237 g/mol. The predicted molar refractivity (Wildman–Crippen MR) is 65.0 cm³/mol. The first-order chi connectivity index (χ1) is 7.77. The average Bonchev–Trinajstić information content (AvgIpc) is 2.30. The number of azide groups is 1. The van der Waals surface area contributed by atoms with Crippen molar-refractivity contribution in [3.8, 4) is 0 Å². The molecule has 1 N–H and O–H groups in total. The summed E-state index contributed by atoms with van der Waals surface area (Å²) in [6.07, 6.45) is 4.46. The molecule has 84 valence electrons. The van der Waals surface area contributed by atoms with Crippen molar-refractivity contribution in [1.82, 2.24) is 0 Å². The number of nitrogens with zero attached hydrogens (tertiary/aromatic N) is 3. The largest absolute Gasteiger partial charge is 0.392 e. The van der Waals surface area contributed by atoms with E-state index in [1.54, 1.807) is 12.1 Å². The van der Waals surface area contributed by atoms with Gasteiger partial charge in [-0.1, -0.05) is 34.9 Å². The summed E-state index contributed by atoms with van der Waals surface area (Å²) in [4.78, 5) is 2.66. The summed E-state index contributed by atoms with van der Waals surface area (Å²) in [7, 11) is 0. The van der Waals surface area contributed by atoms with Crippen molar-refractivity contribution >= 4 is 17.7 Å². The summed E-state index contributed by atoms with van der Waals surface area (Å²) in [5.74, 6) is 0. The first-order valence-corrected chi connectivity index (χ1v) is 5.22. The molecule has 0 bridgehead atoms. The number of aliphatic hydroxyl groups excluding tert-OH is 1. The Hall–Kier alpha value is -1.48. The van der Waals surface area contributed by atoms with Crippen LogP contribution in [0, 0.1) is 0 Å².